The number of carbonyl (C=O) groups is 2. The Morgan fingerprint density at radius 2 is 1.56 bits per heavy atom. The molecule has 0 aliphatic carbocycles. The van der Waals surface area contributed by atoms with Crippen LogP contribution in [0.25, 0.3) is 10.8 Å². The van der Waals surface area contributed by atoms with E-state index in [0.29, 0.717) is 5.75 Å². The minimum absolute atomic E-state index is 0.159. The van der Waals surface area contributed by atoms with Crippen molar-refractivity contribution in [3.05, 3.63) is 77.9 Å². The maximum atomic E-state index is 12.1. The molecule has 5 nitrogen and oxygen atoms in total. The van der Waals surface area contributed by atoms with Gasteiger partial charge in [0.05, 0.1) is 6.42 Å². The van der Waals surface area contributed by atoms with E-state index in [2.05, 4.69) is 10.9 Å². The van der Waals surface area contributed by atoms with Gasteiger partial charge >= 0.3 is 0 Å². The Balaban J connectivity index is 1.47. The zero-order valence-electron chi connectivity index (χ0n) is 15.2. The summed E-state index contributed by atoms with van der Waals surface area (Å²) in [6, 6.07) is 21.4. The number of fused-ring (bicyclic) bond motifs is 1. The number of para-hydroxylation sites is 1. The van der Waals surface area contributed by atoms with Gasteiger partial charge < -0.3 is 4.74 Å². The number of rotatable bonds is 6. The third kappa shape index (κ3) is 5.07. The highest BCUT2D eigenvalue weighted by Gasteiger charge is 2.08. The van der Waals surface area contributed by atoms with Crippen LogP contribution in [0.1, 0.15) is 18.1 Å². The second-order valence-corrected chi connectivity index (χ2v) is 6.20. The average Bonchev–Trinajstić information content (AvgIpc) is 2.70. The minimum Gasteiger partial charge on any atom is -0.483 e. The molecule has 0 aromatic heterocycles. The molecule has 27 heavy (non-hydrogen) atoms. The summed E-state index contributed by atoms with van der Waals surface area (Å²) in [6.45, 7) is 1.86. The van der Waals surface area contributed by atoms with Gasteiger partial charge in [0.15, 0.2) is 6.61 Å². The number of aryl methyl sites for hydroxylation is 1. The third-order valence-electron chi connectivity index (χ3n) is 4.23. The molecule has 0 spiro atoms. The quantitative estimate of drug-likeness (QED) is 0.662. The van der Waals surface area contributed by atoms with E-state index in [1.165, 1.54) is 0 Å². The van der Waals surface area contributed by atoms with Crippen molar-refractivity contribution in [3.63, 3.8) is 0 Å². The minimum atomic E-state index is -0.409. The molecule has 0 saturated carbocycles. The molecular formula is C22H22N2O3. The lowest BCUT2D eigenvalue weighted by molar-refractivity contribution is -0.129. The fraction of sp³-hybridized carbons (Fsp3) is 0.182. The SMILES string of the molecule is CCc1ccccc1OCC(=O)NNC(=O)Cc1ccc2ccccc2c1. The molecule has 5 heteroatoms. The fourth-order valence-corrected chi connectivity index (χ4v) is 2.83. The second kappa shape index (κ2) is 8.85. The van der Waals surface area contributed by atoms with Crippen molar-refractivity contribution in [2.45, 2.75) is 19.8 Å². The third-order valence-corrected chi connectivity index (χ3v) is 4.23. The smallest absolute Gasteiger partial charge is 0.276 e. The first-order valence-corrected chi connectivity index (χ1v) is 8.92. The summed E-state index contributed by atoms with van der Waals surface area (Å²) in [5.74, 6) is -0.0157. The molecule has 3 rings (SSSR count). The Hall–Kier alpha value is -3.34. The first-order chi connectivity index (χ1) is 13.2. The van der Waals surface area contributed by atoms with Crippen LogP contribution in [0.3, 0.4) is 0 Å². The summed E-state index contributed by atoms with van der Waals surface area (Å²) in [4.78, 5) is 24.0. The Morgan fingerprint density at radius 1 is 0.852 bits per heavy atom. The maximum absolute atomic E-state index is 12.1. The molecule has 0 fully saturated rings. The Labute approximate surface area is 158 Å². The highest BCUT2D eigenvalue weighted by Crippen LogP contribution is 2.18. The van der Waals surface area contributed by atoms with Gasteiger partial charge in [-0.1, -0.05) is 67.6 Å². The van der Waals surface area contributed by atoms with E-state index >= 15 is 0 Å². The molecule has 0 atom stereocenters. The summed E-state index contributed by atoms with van der Waals surface area (Å²) < 4.78 is 5.53. The van der Waals surface area contributed by atoms with Gasteiger partial charge in [0.1, 0.15) is 5.75 Å². The molecule has 138 valence electrons. The fourth-order valence-electron chi connectivity index (χ4n) is 2.83. The van der Waals surface area contributed by atoms with Gasteiger partial charge in [0, 0.05) is 0 Å². The van der Waals surface area contributed by atoms with Crippen molar-refractivity contribution in [3.8, 4) is 5.75 Å². The first-order valence-electron chi connectivity index (χ1n) is 8.92. The molecule has 2 amide bonds. The molecule has 2 N–H and O–H groups in total. The van der Waals surface area contributed by atoms with Gasteiger partial charge in [-0.05, 0) is 34.4 Å². The Kier molecular flexibility index (Phi) is 6.05. The van der Waals surface area contributed by atoms with Gasteiger partial charge in [-0.3, -0.25) is 20.4 Å². The van der Waals surface area contributed by atoms with Crippen molar-refractivity contribution in [2.75, 3.05) is 6.61 Å². The summed E-state index contributed by atoms with van der Waals surface area (Å²) in [7, 11) is 0. The van der Waals surface area contributed by atoms with Gasteiger partial charge in [-0.15, -0.1) is 0 Å². The van der Waals surface area contributed by atoms with Crippen molar-refractivity contribution in [2.24, 2.45) is 0 Å². The van der Waals surface area contributed by atoms with E-state index in [1.54, 1.807) is 0 Å². The van der Waals surface area contributed by atoms with Crippen molar-refractivity contribution in [1.82, 2.24) is 10.9 Å². The van der Waals surface area contributed by atoms with Crippen molar-refractivity contribution >= 4 is 22.6 Å². The van der Waals surface area contributed by atoms with Crippen LogP contribution in [0.4, 0.5) is 0 Å². The lowest BCUT2D eigenvalue weighted by atomic mass is 10.1. The van der Waals surface area contributed by atoms with Crippen LogP contribution >= 0.6 is 0 Å². The number of carbonyl (C=O) groups excluding carboxylic acids is 2. The highest BCUT2D eigenvalue weighted by molar-refractivity contribution is 5.86. The van der Waals surface area contributed by atoms with Crippen molar-refractivity contribution in [1.29, 1.82) is 0 Å². The van der Waals surface area contributed by atoms with E-state index in [4.69, 9.17) is 4.74 Å². The highest BCUT2D eigenvalue weighted by atomic mass is 16.5. The standard InChI is InChI=1S/C22H22N2O3/c1-2-17-7-5-6-10-20(17)27-15-22(26)24-23-21(25)14-16-11-12-18-8-3-4-9-19(18)13-16/h3-13H,2,14-15H2,1H3,(H,23,25)(H,24,26). The number of hydrogen-bond donors (Lipinski definition) is 2. The van der Waals surface area contributed by atoms with E-state index in [1.807, 2.05) is 73.7 Å². The molecule has 0 aliphatic rings. The van der Waals surface area contributed by atoms with Gasteiger partial charge in [0.25, 0.3) is 5.91 Å². The number of hydrazine groups is 1. The van der Waals surface area contributed by atoms with E-state index in [0.717, 1.165) is 28.3 Å². The largest absolute Gasteiger partial charge is 0.483 e. The number of hydrogen-bond acceptors (Lipinski definition) is 3. The molecule has 0 bridgehead atoms. The molecule has 3 aromatic rings. The summed E-state index contributed by atoms with van der Waals surface area (Å²) >= 11 is 0. The second-order valence-electron chi connectivity index (χ2n) is 6.20. The predicted octanol–water partition coefficient (Wildman–Crippen LogP) is 3.17. The molecule has 0 radical (unpaired) electrons. The van der Waals surface area contributed by atoms with Crippen LogP contribution in [0.5, 0.6) is 5.75 Å². The lowest BCUT2D eigenvalue weighted by Crippen LogP contribution is -2.44. The Bertz CT molecular complexity index is 953. The lowest BCUT2D eigenvalue weighted by Gasteiger charge is -2.11. The number of nitrogens with one attached hydrogen (secondary N) is 2. The topological polar surface area (TPSA) is 67.4 Å². The van der Waals surface area contributed by atoms with Gasteiger partial charge in [-0.25, -0.2) is 0 Å². The first kappa shape index (κ1) is 18.5. The van der Waals surface area contributed by atoms with Crippen LogP contribution in [-0.2, 0) is 22.4 Å². The summed E-state index contributed by atoms with van der Waals surface area (Å²) in [5.41, 5.74) is 6.73. The van der Waals surface area contributed by atoms with Crippen LogP contribution in [0.2, 0.25) is 0 Å². The molecule has 0 saturated heterocycles. The van der Waals surface area contributed by atoms with Crippen LogP contribution in [-0.4, -0.2) is 18.4 Å². The average molecular weight is 362 g/mol. The maximum Gasteiger partial charge on any atom is 0.276 e. The van der Waals surface area contributed by atoms with Crippen molar-refractivity contribution < 1.29 is 14.3 Å². The van der Waals surface area contributed by atoms with E-state index in [-0.39, 0.29) is 18.9 Å². The zero-order valence-corrected chi connectivity index (χ0v) is 15.2. The Morgan fingerprint density at radius 3 is 2.37 bits per heavy atom. The zero-order chi connectivity index (χ0) is 19.1. The number of benzene rings is 3. The normalized spacial score (nSPS) is 10.4. The van der Waals surface area contributed by atoms with E-state index < -0.39 is 5.91 Å². The molecule has 0 aliphatic heterocycles. The van der Waals surface area contributed by atoms with E-state index in [9.17, 15) is 9.59 Å². The predicted molar refractivity (Wildman–Crippen MR) is 105 cm³/mol. The summed E-state index contributed by atoms with van der Waals surface area (Å²) in [6.07, 6.45) is 1.00. The van der Waals surface area contributed by atoms with Crippen LogP contribution in [0, 0.1) is 0 Å². The van der Waals surface area contributed by atoms with Gasteiger partial charge in [0.2, 0.25) is 5.91 Å². The van der Waals surface area contributed by atoms with Crippen LogP contribution in [0.15, 0.2) is 66.7 Å². The monoisotopic (exact) mass is 362 g/mol. The van der Waals surface area contributed by atoms with Gasteiger partial charge in [-0.2, -0.15) is 0 Å². The molecule has 3 aromatic carbocycles. The molecule has 0 unspecified atom stereocenters. The molecular weight excluding hydrogens is 340 g/mol. The summed E-state index contributed by atoms with van der Waals surface area (Å²) in [5, 5.41) is 2.20. The molecule has 0 heterocycles. The number of ether oxygens (including phenoxy) is 1. The number of amides is 2. The van der Waals surface area contributed by atoms with Crippen LogP contribution < -0.4 is 15.6 Å².